The van der Waals surface area contributed by atoms with E-state index in [9.17, 15) is 9.59 Å². The number of amides is 1. The van der Waals surface area contributed by atoms with Gasteiger partial charge >= 0.3 is 5.97 Å². The van der Waals surface area contributed by atoms with E-state index < -0.39 is 11.2 Å². The van der Waals surface area contributed by atoms with Crippen molar-refractivity contribution >= 4 is 23.6 Å². The first kappa shape index (κ1) is 18.5. The van der Waals surface area contributed by atoms with Gasteiger partial charge in [0.15, 0.2) is 0 Å². The molecule has 2 aromatic rings. The van der Waals surface area contributed by atoms with E-state index in [0.29, 0.717) is 18.0 Å². The lowest BCUT2D eigenvalue weighted by Crippen LogP contribution is -2.29. The number of aryl methyl sites for hydroxylation is 1. The van der Waals surface area contributed by atoms with Crippen molar-refractivity contribution in [1.82, 2.24) is 4.90 Å². The largest absolute Gasteiger partial charge is 0.480 e. The van der Waals surface area contributed by atoms with Gasteiger partial charge in [0.1, 0.15) is 5.25 Å². The van der Waals surface area contributed by atoms with Gasteiger partial charge in [-0.25, -0.2) is 0 Å². The minimum atomic E-state index is -0.877. The predicted molar refractivity (Wildman–Crippen MR) is 104 cm³/mol. The van der Waals surface area contributed by atoms with Gasteiger partial charge in [0, 0.05) is 23.9 Å². The molecule has 0 bridgehead atoms. The fourth-order valence-corrected chi connectivity index (χ4v) is 4.32. The van der Waals surface area contributed by atoms with Gasteiger partial charge in [-0.3, -0.25) is 9.59 Å². The molecule has 0 radical (unpaired) electrons. The smallest absolute Gasteiger partial charge is 0.316 e. The lowest BCUT2D eigenvalue weighted by Gasteiger charge is -2.19. The van der Waals surface area contributed by atoms with Gasteiger partial charge in [0.05, 0.1) is 5.56 Å². The Bertz CT molecular complexity index is 820. The molecule has 1 amide bonds. The highest BCUT2D eigenvalue weighted by Gasteiger charge is 2.30. The van der Waals surface area contributed by atoms with Crippen LogP contribution in [0.25, 0.3) is 0 Å². The normalized spacial score (nSPS) is 17.9. The molecule has 0 saturated carbocycles. The highest BCUT2D eigenvalue weighted by atomic mass is 32.2. The van der Waals surface area contributed by atoms with Crippen molar-refractivity contribution in [3.05, 3.63) is 65.2 Å². The third-order valence-corrected chi connectivity index (χ3v) is 6.04. The number of carboxylic acid groups (broad SMARTS) is 1. The van der Waals surface area contributed by atoms with E-state index >= 15 is 0 Å². The second-order valence-electron chi connectivity index (χ2n) is 6.69. The standard InChI is InChI=1S/C21H23NO3S/c1-14-7-3-4-8-17(14)16-11-12-22(13-16)20(23)18-9-5-6-10-19(18)26-15(2)21(24)25/h3-10,15-16H,11-13H2,1-2H3,(H,24,25). The van der Waals surface area contributed by atoms with E-state index in [1.807, 2.05) is 35.2 Å². The van der Waals surface area contributed by atoms with E-state index in [4.69, 9.17) is 5.11 Å². The van der Waals surface area contributed by atoms with E-state index in [0.717, 1.165) is 17.9 Å². The van der Waals surface area contributed by atoms with Crippen LogP contribution < -0.4 is 0 Å². The molecule has 1 aliphatic heterocycles. The molecular formula is C21H23NO3S. The zero-order chi connectivity index (χ0) is 18.7. The third-order valence-electron chi connectivity index (χ3n) is 4.87. The number of nitrogens with zero attached hydrogens (tertiary/aromatic N) is 1. The van der Waals surface area contributed by atoms with Crippen LogP contribution in [0, 0.1) is 6.92 Å². The molecule has 1 aliphatic rings. The molecule has 1 N–H and O–H groups in total. The minimum Gasteiger partial charge on any atom is -0.480 e. The highest BCUT2D eigenvalue weighted by Crippen LogP contribution is 2.32. The summed E-state index contributed by atoms with van der Waals surface area (Å²) in [7, 11) is 0. The molecule has 0 spiro atoms. The molecular weight excluding hydrogens is 346 g/mol. The maximum Gasteiger partial charge on any atom is 0.316 e. The predicted octanol–water partition coefficient (Wildman–Crippen LogP) is 4.19. The van der Waals surface area contributed by atoms with Gasteiger partial charge in [-0.15, -0.1) is 11.8 Å². The van der Waals surface area contributed by atoms with Crippen molar-refractivity contribution in [2.45, 2.75) is 36.3 Å². The number of carbonyl (C=O) groups excluding carboxylic acids is 1. The number of carboxylic acids is 1. The zero-order valence-electron chi connectivity index (χ0n) is 15.0. The second kappa shape index (κ2) is 7.96. The molecule has 136 valence electrons. The molecule has 26 heavy (non-hydrogen) atoms. The number of benzene rings is 2. The minimum absolute atomic E-state index is 0.0122. The fraction of sp³-hybridized carbons (Fsp3) is 0.333. The second-order valence-corrected chi connectivity index (χ2v) is 8.07. The summed E-state index contributed by atoms with van der Waals surface area (Å²) < 4.78 is 0. The Morgan fingerprint density at radius 1 is 1.15 bits per heavy atom. The molecule has 5 heteroatoms. The van der Waals surface area contributed by atoms with E-state index in [-0.39, 0.29) is 5.91 Å². The summed E-state index contributed by atoms with van der Waals surface area (Å²) >= 11 is 1.22. The maximum atomic E-state index is 13.0. The summed E-state index contributed by atoms with van der Waals surface area (Å²) in [6.45, 7) is 5.18. The molecule has 1 fully saturated rings. The van der Waals surface area contributed by atoms with Gasteiger partial charge < -0.3 is 10.0 Å². The number of likely N-dealkylation sites (tertiary alicyclic amines) is 1. The first-order valence-corrected chi connectivity index (χ1v) is 9.68. The summed E-state index contributed by atoms with van der Waals surface area (Å²) in [6.07, 6.45) is 0.956. The first-order valence-electron chi connectivity index (χ1n) is 8.80. The third kappa shape index (κ3) is 3.93. The van der Waals surface area contributed by atoms with Crippen molar-refractivity contribution in [2.24, 2.45) is 0 Å². The molecule has 1 heterocycles. The molecule has 0 aromatic heterocycles. The SMILES string of the molecule is Cc1ccccc1C1CCN(C(=O)c2ccccc2SC(C)C(=O)O)C1. The number of thioether (sulfide) groups is 1. The average Bonchev–Trinajstić information content (AvgIpc) is 3.11. The Balaban J connectivity index is 1.77. The molecule has 1 saturated heterocycles. The zero-order valence-corrected chi connectivity index (χ0v) is 15.8. The van der Waals surface area contributed by atoms with Crippen LogP contribution in [0.3, 0.4) is 0 Å². The van der Waals surface area contributed by atoms with Crippen molar-refractivity contribution in [1.29, 1.82) is 0 Å². The quantitative estimate of drug-likeness (QED) is 0.803. The Hall–Kier alpha value is -2.27. The van der Waals surface area contributed by atoms with Gasteiger partial charge in [0.2, 0.25) is 0 Å². The molecule has 0 aliphatic carbocycles. The Morgan fingerprint density at radius 3 is 2.58 bits per heavy atom. The molecule has 3 rings (SSSR count). The summed E-state index contributed by atoms with van der Waals surface area (Å²) in [5, 5.41) is 8.56. The molecule has 2 atom stereocenters. The molecule has 2 aromatic carbocycles. The van der Waals surface area contributed by atoms with Crippen molar-refractivity contribution in [3.63, 3.8) is 0 Å². The average molecular weight is 369 g/mol. The van der Waals surface area contributed by atoms with Crippen LogP contribution in [0.15, 0.2) is 53.4 Å². The first-order chi connectivity index (χ1) is 12.5. The van der Waals surface area contributed by atoms with E-state index in [1.165, 1.54) is 22.9 Å². The summed E-state index contributed by atoms with van der Waals surface area (Å²) in [5.74, 6) is -0.530. The lowest BCUT2D eigenvalue weighted by molar-refractivity contribution is -0.136. The van der Waals surface area contributed by atoms with Crippen molar-refractivity contribution < 1.29 is 14.7 Å². The van der Waals surface area contributed by atoms with Crippen molar-refractivity contribution in [3.8, 4) is 0 Å². The topological polar surface area (TPSA) is 57.6 Å². The van der Waals surface area contributed by atoms with Gasteiger partial charge in [-0.05, 0) is 43.5 Å². The van der Waals surface area contributed by atoms with Crippen LogP contribution in [-0.4, -0.2) is 40.2 Å². The summed E-state index contributed by atoms with van der Waals surface area (Å²) in [5.41, 5.74) is 3.17. The molecule has 2 unspecified atom stereocenters. The Kier molecular flexibility index (Phi) is 5.67. The highest BCUT2D eigenvalue weighted by molar-refractivity contribution is 8.00. The number of hydrogen-bond acceptors (Lipinski definition) is 3. The number of hydrogen-bond donors (Lipinski definition) is 1. The van der Waals surface area contributed by atoms with Crippen LogP contribution in [0.1, 0.15) is 40.7 Å². The Labute approximate surface area is 158 Å². The van der Waals surface area contributed by atoms with Crippen LogP contribution in [-0.2, 0) is 4.79 Å². The maximum absolute atomic E-state index is 13.0. The molecule has 4 nitrogen and oxygen atoms in total. The van der Waals surface area contributed by atoms with Crippen LogP contribution in [0.4, 0.5) is 0 Å². The van der Waals surface area contributed by atoms with E-state index in [2.05, 4.69) is 19.1 Å². The summed E-state index contributed by atoms with van der Waals surface area (Å²) in [6, 6.07) is 15.6. The number of aliphatic carboxylic acids is 1. The van der Waals surface area contributed by atoms with Gasteiger partial charge in [-0.2, -0.15) is 0 Å². The number of carbonyl (C=O) groups is 2. The fourth-order valence-electron chi connectivity index (χ4n) is 3.40. The Morgan fingerprint density at radius 2 is 1.85 bits per heavy atom. The van der Waals surface area contributed by atoms with Gasteiger partial charge in [-0.1, -0.05) is 36.4 Å². The summed E-state index contributed by atoms with van der Waals surface area (Å²) in [4.78, 5) is 26.8. The monoisotopic (exact) mass is 369 g/mol. The lowest BCUT2D eigenvalue weighted by atomic mass is 9.94. The van der Waals surface area contributed by atoms with E-state index in [1.54, 1.807) is 13.0 Å². The van der Waals surface area contributed by atoms with Crippen molar-refractivity contribution in [2.75, 3.05) is 13.1 Å². The van der Waals surface area contributed by atoms with Crippen LogP contribution >= 0.6 is 11.8 Å². The van der Waals surface area contributed by atoms with Crippen LogP contribution in [0.5, 0.6) is 0 Å². The van der Waals surface area contributed by atoms with Gasteiger partial charge in [0.25, 0.3) is 5.91 Å². The van der Waals surface area contributed by atoms with Crippen LogP contribution in [0.2, 0.25) is 0 Å². The number of rotatable bonds is 5.